The molecule has 166 valence electrons. The SMILES string of the molecule is CC(=O)CC[C@@H](C)[C@H]1CCC2C3C(O)CC4C[C@H](O)CC[C@]4(C)C3C[C@H](O)[C@@]21C. The fourth-order valence-corrected chi connectivity index (χ4v) is 8.76. The van der Waals surface area contributed by atoms with E-state index < -0.39 is 0 Å². The van der Waals surface area contributed by atoms with Crippen molar-refractivity contribution in [2.75, 3.05) is 0 Å². The molecule has 4 rings (SSSR count). The minimum Gasteiger partial charge on any atom is -0.393 e. The van der Waals surface area contributed by atoms with Gasteiger partial charge in [0.15, 0.2) is 0 Å². The molecule has 29 heavy (non-hydrogen) atoms. The summed E-state index contributed by atoms with van der Waals surface area (Å²) in [6.45, 7) is 8.59. The van der Waals surface area contributed by atoms with Gasteiger partial charge in [0.2, 0.25) is 0 Å². The van der Waals surface area contributed by atoms with E-state index in [1.807, 2.05) is 0 Å². The molecular weight excluding hydrogens is 364 g/mol. The molecule has 4 heteroatoms. The third-order valence-corrected chi connectivity index (χ3v) is 10.5. The highest BCUT2D eigenvalue weighted by molar-refractivity contribution is 5.75. The highest BCUT2D eigenvalue weighted by Crippen LogP contribution is 2.68. The molecule has 0 bridgehead atoms. The van der Waals surface area contributed by atoms with Gasteiger partial charge in [-0.2, -0.15) is 0 Å². The van der Waals surface area contributed by atoms with Crippen LogP contribution in [0.5, 0.6) is 0 Å². The standard InChI is InChI=1S/C25H42O4/c1-14(5-6-15(2)26)18-7-8-19-23-20(13-22(29)25(18,19)4)24(3)10-9-17(27)11-16(24)12-21(23)28/h14,16-23,27-29H,5-13H2,1-4H3/t14-,16?,17-,18-,19?,20?,21?,22+,23?,24+,25-/m1/s1. The minimum atomic E-state index is -0.337. The molecule has 0 aromatic rings. The number of aliphatic hydroxyl groups is 3. The van der Waals surface area contributed by atoms with Crippen LogP contribution in [-0.2, 0) is 4.79 Å². The van der Waals surface area contributed by atoms with E-state index in [1.54, 1.807) is 6.92 Å². The molecule has 0 heterocycles. The summed E-state index contributed by atoms with van der Waals surface area (Å²) in [6, 6.07) is 0. The number of hydrogen-bond acceptors (Lipinski definition) is 4. The first kappa shape index (κ1) is 21.8. The summed E-state index contributed by atoms with van der Waals surface area (Å²) in [5.74, 6) is 2.45. The van der Waals surface area contributed by atoms with E-state index in [0.29, 0.717) is 36.0 Å². The average Bonchev–Trinajstić information content (AvgIpc) is 3.01. The summed E-state index contributed by atoms with van der Waals surface area (Å²) in [4.78, 5) is 11.5. The van der Waals surface area contributed by atoms with Crippen LogP contribution in [0.25, 0.3) is 0 Å². The third-order valence-electron chi connectivity index (χ3n) is 10.5. The van der Waals surface area contributed by atoms with E-state index in [4.69, 9.17) is 0 Å². The van der Waals surface area contributed by atoms with Gasteiger partial charge in [0.05, 0.1) is 18.3 Å². The molecule has 4 saturated carbocycles. The number of hydrogen-bond donors (Lipinski definition) is 3. The molecule has 0 aliphatic heterocycles. The second-order valence-corrected chi connectivity index (χ2v) is 11.7. The molecule has 0 aromatic carbocycles. The Morgan fingerprint density at radius 3 is 2.45 bits per heavy atom. The Morgan fingerprint density at radius 1 is 1.03 bits per heavy atom. The number of carbonyl (C=O) groups excluding carboxylic acids is 1. The Bertz CT molecular complexity index is 634. The van der Waals surface area contributed by atoms with Crippen LogP contribution in [0.4, 0.5) is 0 Å². The first-order valence-electron chi connectivity index (χ1n) is 12.1. The van der Waals surface area contributed by atoms with Gasteiger partial charge in [-0.3, -0.25) is 0 Å². The summed E-state index contributed by atoms with van der Waals surface area (Å²) >= 11 is 0. The van der Waals surface area contributed by atoms with Gasteiger partial charge in [-0.15, -0.1) is 0 Å². The molecule has 0 saturated heterocycles. The number of ketones is 1. The summed E-state index contributed by atoms with van der Waals surface area (Å²) in [5, 5.41) is 33.0. The lowest BCUT2D eigenvalue weighted by Crippen LogP contribution is -2.62. The fourth-order valence-electron chi connectivity index (χ4n) is 8.76. The molecule has 0 spiro atoms. The zero-order valence-corrected chi connectivity index (χ0v) is 18.8. The van der Waals surface area contributed by atoms with Gasteiger partial charge in [-0.1, -0.05) is 20.8 Å². The molecule has 3 N–H and O–H groups in total. The van der Waals surface area contributed by atoms with Gasteiger partial charge in [0, 0.05) is 6.42 Å². The van der Waals surface area contributed by atoms with Crippen molar-refractivity contribution in [3.8, 4) is 0 Å². The second-order valence-electron chi connectivity index (χ2n) is 11.7. The quantitative estimate of drug-likeness (QED) is 0.660. The number of carbonyl (C=O) groups is 1. The first-order chi connectivity index (χ1) is 13.6. The number of fused-ring (bicyclic) bond motifs is 5. The maximum atomic E-state index is 11.5. The topological polar surface area (TPSA) is 77.8 Å². The van der Waals surface area contributed by atoms with Gasteiger partial charge in [-0.25, -0.2) is 0 Å². The summed E-state index contributed by atoms with van der Waals surface area (Å²) in [5.41, 5.74) is -0.0283. The van der Waals surface area contributed by atoms with Crippen molar-refractivity contribution in [1.82, 2.24) is 0 Å². The summed E-state index contributed by atoms with van der Waals surface area (Å²) in [6.07, 6.45) is 7.12. The van der Waals surface area contributed by atoms with Crippen molar-refractivity contribution < 1.29 is 20.1 Å². The van der Waals surface area contributed by atoms with Crippen molar-refractivity contribution in [2.45, 2.75) is 104 Å². The number of aliphatic hydroxyl groups excluding tert-OH is 3. The molecule has 11 atom stereocenters. The van der Waals surface area contributed by atoms with Crippen LogP contribution in [0.1, 0.15) is 85.5 Å². The lowest BCUT2D eigenvalue weighted by atomic mass is 9.43. The van der Waals surface area contributed by atoms with E-state index in [-0.39, 0.29) is 40.8 Å². The highest BCUT2D eigenvalue weighted by atomic mass is 16.3. The zero-order chi connectivity index (χ0) is 21.1. The Kier molecular flexibility index (Phi) is 5.71. The van der Waals surface area contributed by atoms with Gasteiger partial charge < -0.3 is 20.1 Å². The normalized spacial score (nSPS) is 52.9. The predicted molar refractivity (Wildman–Crippen MR) is 113 cm³/mol. The fraction of sp³-hybridized carbons (Fsp3) is 0.960. The van der Waals surface area contributed by atoms with E-state index in [1.165, 1.54) is 0 Å². The van der Waals surface area contributed by atoms with Crippen LogP contribution in [0, 0.1) is 46.3 Å². The maximum absolute atomic E-state index is 11.5. The Morgan fingerprint density at radius 2 is 1.76 bits per heavy atom. The lowest BCUT2D eigenvalue weighted by molar-refractivity contribution is -0.207. The van der Waals surface area contributed by atoms with Crippen LogP contribution in [0.3, 0.4) is 0 Å². The van der Waals surface area contributed by atoms with Gasteiger partial charge in [0.25, 0.3) is 0 Å². The van der Waals surface area contributed by atoms with E-state index >= 15 is 0 Å². The molecule has 5 unspecified atom stereocenters. The summed E-state index contributed by atoms with van der Waals surface area (Å²) in [7, 11) is 0. The average molecular weight is 407 g/mol. The van der Waals surface area contributed by atoms with Gasteiger partial charge >= 0.3 is 0 Å². The van der Waals surface area contributed by atoms with Crippen molar-refractivity contribution in [2.24, 2.45) is 46.3 Å². The largest absolute Gasteiger partial charge is 0.393 e. The molecule has 4 aliphatic carbocycles. The third kappa shape index (κ3) is 3.32. The van der Waals surface area contributed by atoms with Crippen molar-refractivity contribution >= 4 is 5.78 Å². The second kappa shape index (κ2) is 7.60. The monoisotopic (exact) mass is 406 g/mol. The predicted octanol–water partition coefficient (Wildman–Crippen LogP) is 3.95. The smallest absolute Gasteiger partial charge is 0.129 e. The first-order valence-corrected chi connectivity index (χ1v) is 12.1. The maximum Gasteiger partial charge on any atom is 0.129 e. The summed E-state index contributed by atoms with van der Waals surface area (Å²) < 4.78 is 0. The zero-order valence-electron chi connectivity index (χ0n) is 18.8. The van der Waals surface area contributed by atoms with Crippen LogP contribution in [0.15, 0.2) is 0 Å². The van der Waals surface area contributed by atoms with Crippen LogP contribution < -0.4 is 0 Å². The van der Waals surface area contributed by atoms with E-state index in [2.05, 4.69) is 20.8 Å². The number of rotatable bonds is 4. The minimum absolute atomic E-state index is 0.129. The Balaban J connectivity index is 1.61. The van der Waals surface area contributed by atoms with Crippen molar-refractivity contribution in [3.05, 3.63) is 0 Å². The van der Waals surface area contributed by atoms with Crippen molar-refractivity contribution in [3.63, 3.8) is 0 Å². The molecule has 4 fully saturated rings. The Hall–Kier alpha value is -0.450. The molecule has 0 radical (unpaired) electrons. The van der Waals surface area contributed by atoms with Crippen LogP contribution in [-0.4, -0.2) is 39.4 Å². The molecule has 4 aliphatic rings. The van der Waals surface area contributed by atoms with Crippen LogP contribution >= 0.6 is 0 Å². The van der Waals surface area contributed by atoms with E-state index in [9.17, 15) is 20.1 Å². The van der Waals surface area contributed by atoms with Crippen molar-refractivity contribution in [1.29, 1.82) is 0 Å². The molecule has 0 amide bonds. The lowest BCUT2D eigenvalue weighted by Gasteiger charge is -2.63. The number of Topliss-reactive ketones (excluding diaryl/α,β-unsaturated/α-hetero) is 1. The Labute approximate surface area is 176 Å². The van der Waals surface area contributed by atoms with Crippen LogP contribution in [0.2, 0.25) is 0 Å². The molecule has 4 nitrogen and oxygen atoms in total. The molecular formula is C25H42O4. The van der Waals surface area contributed by atoms with Gasteiger partial charge in [-0.05, 0) is 105 Å². The molecule has 0 aromatic heterocycles. The van der Waals surface area contributed by atoms with Gasteiger partial charge in [0.1, 0.15) is 5.78 Å². The van der Waals surface area contributed by atoms with E-state index in [0.717, 1.165) is 51.4 Å². The highest BCUT2D eigenvalue weighted by Gasteiger charge is 2.65.